The predicted octanol–water partition coefficient (Wildman–Crippen LogP) is 6.92. The highest BCUT2D eigenvalue weighted by molar-refractivity contribution is 5.77. The lowest BCUT2D eigenvalue weighted by Gasteiger charge is -2.11. The molecule has 0 aliphatic rings. The Morgan fingerprint density at radius 3 is 1.32 bits per heavy atom. The van der Waals surface area contributed by atoms with Crippen LogP contribution in [0.4, 0.5) is 24.5 Å². The number of halogens is 3. The first-order valence-corrected chi connectivity index (χ1v) is 9.81. The maximum absolute atomic E-state index is 13.0. The molecule has 0 spiro atoms. The minimum Gasteiger partial charge on any atom is -0.258 e. The summed E-state index contributed by atoms with van der Waals surface area (Å²) in [5.74, 6) is 0. The van der Waals surface area contributed by atoms with Crippen LogP contribution in [0.5, 0.6) is 0 Å². The Morgan fingerprint density at radius 1 is 0.588 bits per heavy atom. The molecule has 0 fully saturated rings. The lowest BCUT2D eigenvalue weighted by Crippen LogP contribution is -2.04. The van der Waals surface area contributed by atoms with E-state index in [9.17, 15) is 33.4 Å². The van der Waals surface area contributed by atoms with E-state index in [1.54, 1.807) is 12.1 Å². The maximum atomic E-state index is 13.0. The highest BCUT2D eigenvalue weighted by Gasteiger charge is 2.30. The van der Waals surface area contributed by atoms with Crippen molar-refractivity contribution in [2.75, 3.05) is 0 Å². The summed E-state index contributed by atoms with van der Waals surface area (Å²) in [6.07, 6.45) is -4.47. The number of pyridine rings is 1. The van der Waals surface area contributed by atoms with Gasteiger partial charge in [0.15, 0.2) is 0 Å². The van der Waals surface area contributed by atoms with Gasteiger partial charge in [-0.15, -0.1) is 0 Å². The van der Waals surface area contributed by atoms with Crippen LogP contribution < -0.4 is 0 Å². The molecular formula is C24H14F3N3O4. The minimum absolute atomic E-state index is 0.0989. The van der Waals surface area contributed by atoms with Gasteiger partial charge in [-0.25, -0.2) is 4.98 Å². The van der Waals surface area contributed by atoms with Gasteiger partial charge in [0.2, 0.25) is 0 Å². The van der Waals surface area contributed by atoms with E-state index in [0.717, 1.165) is 12.1 Å². The second-order valence-corrected chi connectivity index (χ2v) is 7.31. The number of hydrogen-bond acceptors (Lipinski definition) is 5. The molecule has 4 rings (SSSR count). The smallest absolute Gasteiger partial charge is 0.258 e. The number of nitrogens with zero attached hydrogens (tertiary/aromatic N) is 3. The van der Waals surface area contributed by atoms with E-state index in [0.29, 0.717) is 33.6 Å². The quantitative estimate of drug-likeness (QED) is 0.235. The average molecular weight is 465 g/mol. The Hall–Kier alpha value is -4.60. The van der Waals surface area contributed by atoms with Crippen LogP contribution in [0.1, 0.15) is 5.56 Å². The standard InChI is InChI=1S/C24H14F3N3O4/c25-24(26,27)19-7-1-15(2-8-19)18-13-22(16-3-9-20(10-4-16)29(31)32)28-23(14-18)17-5-11-21(12-6-17)30(33)34/h1-14H. The molecule has 7 nitrogen and oxygen atoms in total. The number of rotatable bonds is 5. The Balaban J connectivity index is 1.83. The fraction of sp³-hybridized carbons (Fsp3) is 0.0417. The fourth-order valence-corrected chi connectivity index (χ4v) is 3.35. The first kappa shape index (κ1) is 22.6. The van der Waals surface area contributed by atoms with Crippen molar-refractivity contribution in [2.45, 2.75) is 6.18 Å². The van der Waals surface area contributed by atoms with Gasteiger partial charge in [-0.2, -0.15) is 13.2 Å². The number of nitro groups is 2. The highest BCUT2D eigenvalue weighted by Crippen LogP contribution is 2.34. The summed E-state index contributed by atoms with van der Waals surface area (Å²) < 4.78 is 38.9. The molecule has 34 heavy (non-hydrogen) atoms. The summed E-state index contributed by atoms with van der Waals surface area (Å²) in [7, 11) is 0. The van der Waals surface area contributed by atoms with E-state index in [1.807, 2.05) is 0 Å². The molecule has 0 saturated heterocycles. The molecule has 0 unspecified atom stereocenters. The third-order valence-corrected chi connectivity index (χ3v) is 5.12. The van der Waals surface area contributed by atoms with Crippen molar-refractivity contribution in [1.82, 2.24) is 4.98 Å². The lowest BCUT2D eigenvalue weighted by molar-refractivity contribution is -0.385. The summed E-state index contributed by atoms with van der Waals surface area (Å²) in [4.78, 5) is 25.5. The van der Waals surface area contributed by atoms with Crippen LogP contribution in [0.15, 0.2) is 84.9 Å². The van der Waals surface area contributed by atoms with Gasteiger partial charge in [0, 0.05) is 35.4 Å². The number of alkyl halides is 3. The normalized spacial score (nSPS) is 11.3. The van der Waals surface area contributed by atoms with Crippen LogP contribution in [-0.4, -0.2) is 14.8 Å². The molecule has 170 valence electrons. The summed E-state index contributed by atoms with van der Waals surface area (Å²) in [6, 6.07) is 19.4. The van der Waals surface area contributed by atoms with Crippen molar-refractivity contribution in [1.29, 1.82) is 0 Å². The van der Waals surface area contributed by atoms with E-state index < -0.39 is 21.6 Å². The van der Waals surface area contributed by atoms with Crippen LogP contribution in [0.3, 0.4) is 0 Å². The van der Waals surface area contributed by atoms with E-state index in [4.69, 9.17) is 0 Å². The number of benzene rings is 3. The highest BCUT2D eigenvalue weighted by atomic mass is 19.4. The van der Waals surface area contributed by atoms with Crippen LogP contribution in [-0.2, 0) is 6.18 Å². The maximum Gasteiger partial charge on any atom is 0.416 e. The average Bonchev–Trinajstić information content (AvgIpc) is 2.83. The number of hydrogen-bond donors (Lipinski definition) is 0. The van der Waals surface area contributed by atoms with Gasteiger partial charge in [0.1, 0.15) is 0 Å². The van der Waals surface area contributed by atoms with Gasteiger partial charge in [-0.05, 0) is 59.7 Å². The molecule has 3 aromatic carbocycles. The largest absolute Gasteiger partial charge is 0.416 e. The molecule has 10 heteroatoms. The zero-order valence-corrected chi connectivity index (χ0v) is 17.2. The molecule has 0 amide bonds. The third kappa shape index (κ3) is 4.75. The molecule has 0 N–H and O–H groups in total. The predicted molar refractivity (Wildman–Crippen MR) is 119 cm³/mol. The summed E-state index contributed by atoms with van der Waals surface area (Å²) in [6.45, 7) is 0. The topological polar surface area (TPSA) is 99.2 Å². The summed E-state index contributed by atoms with van der Waals surface area (Å²) >= 11 is 0. The fourth-order valence-electron chi connectivity index (χ4n) is 3.35. The molecule has 0 aliphatic carbocycles. The van der Waals surface area contributed by atoms with E-state index in [-0.39, 0.29) is 11.4 Å². The Morgan fingerprint density at radius 2 is 0.971 bits per heavy atom. The monoisotopic (exact) mass is 465 g/mol. The van der Waals surface area contributed by atoms with Crippen molar-refractivity contribution < 1.29 is 23.0 Å². The molecule has 4 aromatic rings. The molecule has 1 aromatic heterocycles. The van der Waals surface area contributed by atoms with Crippen molar-refractivity contribution in [2.24, 2.45) is 0 Å². The van der Waals surface area contributed by atoms with Gasteiger partial charge in [0.25, 0.3) is 11.4 Å². The first-order chi connectivity index (χ1) is 16.1. The Labute approximate surface area is 190 Å². The SMILES string of the molecule is O=[N+]([O-])c1ccc(-c2cc(-c3ccc(C(F)(F)F)cc3)cc(-c3ccc([N+](=O)[O-])cc3)n2)cc1. The molecule has 0 atom stereocenters. The van der Waals surface area contributed by atoms with E-state index in [2.05, 4.69) is 4.98 Å². The van der Waals surface area contributed by atoms with Crippen molar-refractivity contribution in [3.63, 3.8) is 0 Å². The van der Waals surface area contributed by atoms with Gasteiger partial charge >= 0.3 is 6.18 Å². The zero-order valence-electron chi connectivity index (χ0n) is 17.2. The Kier molecular flexibility index (Phi) is 5.80. The van der Waals surface area contributed by atoms with Crippen LogP contribution in [0, 0.1) is 20.2 Å². The molecule has 0 bridgehead atoms. The number of non-ortho nitro benzene ring substituents is 2. The first-order valence-electron chi connectivity index (χ1n) is 9.81. The van der Waals surface area contributed by atoms with Gasteiger partial charge in [-0.3, -0.25) is 20.2 Å². The number of aromatic nitrogens is 1. The molecule has 0 saturated carbocycles. The van der Waals surface area contributed by atoms with Crippen molar-refractivity contribution in [3.05, 3.63) is 111 Å². The minimum atomic E-state index is -4.47. The lowest BCUT2D eigenvalue weighted by atomic mass is 9.99. The van der Waals surface area contributed by atoms with Gasteiger partial charge in [0.05, 0.1) is 26.8 Å². The van der Waals surface area contributed by atoms with Crippen LogP contribution in [0.2, 0.25) is 0 Å². The molecule has 1 heterocycles. The van der Waals surface area contributed by atoms with Crippen molar-refractivity contribution in [3.8, 4) is 33.6 Å². The van der Waals surface area contributed by atoms with Gasteiger partial charge in [-0.1, -0.05) is 12.1 Å². The summed E-state index contributed by atoms with van der Waals surface area (Å²) in [5.41, 5.74) is 2.06. The second kappa shape index (κ2) is 8.74. The third-order valence-electron chi connectivity index (χ3n) is 5.12. The second-order valence-electron chi connectivity index (χ2n) is 7.31. The number of nitro benzene ring substituents is 2. The van der Waals surface area contributed by atoms with E-state index in [1.165, 1.54) is 60.7 Å². The van der Waals surface area contributed by atoms with Crippen LogP contribution >= 0.6 is 0 Å². The van der Waals surface area contributed by atoms with Gasteiger partial charge < -0.3 is 0 Å². The molecule has 0 aliphatic heterocycles. The Bertz CT molecular complexity index is 1290. The summed E-state index contributed by atoms with van der Waals surface area (Å²) in [5, 5.41) is 21.9. The molecule has 0 radical (unpaired) electrons. The van der Waals surface area contributed by atoms with Crippen LogP contribution in [0.25, 0.3) is 33.6 Å². The van der Waals surface area contributed by atoms with Crippen molar-refractivity contribution >= 4 is 11.4 Å². The zero-order chi connectivity index (χ0) is 24.5. The van der Waals surface area contributed by atoms with E-state index >= 15 is 0 Å². The molecular weight excluding hydrogens is 451 g/mol.